The van der Waals surface area contributed by atoms with Crippen molar-refractivity contribution in [1.82, 2.24) is 10.2 Å². The number of rotatable bonds is 5. The second-order valence-electron chi connectivity index (χ2n) is 3.75. The Bertz CT molecular complexity index is 119. The molecule has 1 rings (SSSR count). The highest BCUT2D eigenvalue weighted by molar-refractivity contribution is 7.98. The van der Waals surface area contributed by atoms with Crippen molar-refractivity contribution >= 4 is 11.8 Å². The van der Waals surface area contributed by atoms with Crippen LogP contribution in [-0.4, -0.2) is 49.6 Å². The molecule has 0 atom stereocenters. The third kappa shape index (κ3) is 4.34. The summed E-state index contributed by atoms with van der Waals surface area (Å²) < 4.78 is 0. The average Bonchev–Trinajstić information content (AvgIpc) is 2.19. The van der Waals surface area contributed by atoms with Crippen molar-refractivity contribution in [3.63, 3.8) is 0 Å². The number of thioether (sulfide) groups is 1. The zero-order chi connectivity index (χ0) is 9.52. The highest BCUT2D eigenvalue weighted by atomic mass is 32.2. The van der Waals surface area contributed by atoms with E-state index in [-0.39, 0.29) is 0 Å². The summed E-state index contributed by atoms with van der Waals surface area (Å²) in [6.45, 7) is 3.89. The molecule has 3 heteroatoms. The van der Waals surface area contributed by atoms with Crippen LogP contribution in [0.15, 0.2) is 0 Å². The Balaban J connectivity index is 2.03. The molecule has 78 valence electrons. The van der Waals surface area contributed by atoms with Gasteiger partial charge in [-0.05, 0) is 58.0 Å². The molecule has 1 aliphatic heterocycles. The van der Waals surface area contributed by atoms with Gasteiger partial charge in [0.05, 0.1) is 0 Å². The van der Waals surface area contributed by atoms with Crippen molar-refractivity contribution in [2.45, 2.75) is 25.3 Å². The zero-order valence-electron chi connectivity index (χ0n) is 8.88. The Morgan fingerprint density at radius 3 is 2.62 bits per heavy atom. The van der Waals surface area contributed by atoms with Gasteiger partial charge in [0, 0.05) is 6.04 Å². The normalized spacial score (nSPS) is 20.8. The Morgan fingerprint density at radius 1 is 1.38 bits per heavy atom. The van der Waals surface area contributed by atoms with Gasteiger partial charge in [-0.25, -0.2) is 0 Å². The highest BCUT2D eigenvalue weighted by Gasteiger charge is 2.16. The van der Waals surface area contributed by atoms with Crippen molar-refractivity contribution in [2.24, 2.45) is 0 Å². The third-order valence-electron chi connectivity index (χ3n) is 2.82. The van der Waals surface area contributed by atoms with E-state index < -0.39 is 0 Å². The monoisotopic (exact) mass is 202 g/mol. The summed E-state index contributed by atoms with van der Waals surface area (Å²) in [6, 6.07) is 0.775. The molecule has 1 N–H and O–H groups in total. The molecule has 1 aliphatic rings. The van der Waals surface area contributed by atoms with E-state index in [0.717, 1.165) is 6.04 Å². The summed E-state index contributed by atoms with van der Waals surface area (Å²) in [4.78, 5) is 2.60. The number of hydrogen-bond donors (Lipinski definition) is 1. The van der Waals surface area contributed by atoms with Crippen LogP contribution < -0.4 is 5.32 Å². The average molecular weight is 202 g/mol. The van der Waals surface area contributed by atoms with Crippen LogP contribution in [0.5, 0.6) is 0 Å². The molecular formula is C10H22N2S. The van der Waals surface area contributed by atoms with Gasteiger partial charge in [0.2, 0.25) is 0 Å². The molecule has 13 heavy (non-hydrogen) atoms. The summed E-state index contributed by atoms with van der Waals surface area (Å²) >= 11 is 1.96. The first-order valence-corrected chi connectivity index (χ1v) is 6.64. The minimum atomic E-state index is 0.775. The Hall–Kier alpha value is 0.270. The first-order chi connectivity index (χ1) is 6.36. The number of nitrogens with one attached hydrogen (secondary N) is 1. The molecule has 0 saturated carbocycles. The second kappa shape index (κ2) is 6.68. The van der Waals surface area contributed by atoms with E-state index in [1.165, 1.54) is 44.6 Å². The Morgan fingerprint density at radius 2 is 2.08 bits per heavy atom. The number of piperidine rings is 1. The van der Waals surface area contributed by atoms with Gasteiger partial charge >= 0.3 is 0 Å². The van der Waals surface area contributed by atoms with Crippen LogP contribution in [0.4, 0.5) is 0 Å². The molecule has 0 aliphatic carbocycles. The largest absolute Gasteiger partial charge is 0.317 e. The van der Waals surface area contributed by atoms with Crippen LogP contribution in [0, 0.1) is 0 Å². The smallest absolute Gasteiger partial charge is 0.00884 e. The fourth-order valence-electron chi connectivity index (χ4n) is 1.88. The van der Waals surface area contributed by atoms with Crippen molar-refractivity contribution in [3.05, 3.63) is 0 Å². The van der Waals surface area contributed by atoms with E-state index in [2.05, 4.69) is 23.5 Å². The molecule has 1 saturated heterocycles. The van der Waals surface area contributed by atoms with Crippen LogP contribution in [-0.2, 0) is 0 Å². The molecule has 0 radical (unpaired) electrons. The number of nitrogens with zero attached hydrogens (tertiary/aromatic N) is 1. The summed E-state index contributed by atoms with van der Waals surface area (Å²) in [5, 5.41) is 3.36. The molecule has 0 aromatic heterocycles. The number of likely N-dealkylation sites (tertiary alicyclic amines) is 1. The van der Waals surface area contributed by atoms with E-state index in [1.54, 1.807) is 0 Å². The van der Waals surface area contributed by atoms with Crippen molar-refractivity contribution in [3.8, 4) is 0 Å². The van der Waals surface area contributed by atoms with Crippen LogP contribution in [0.2, 0.25) is 0 Å². The molecule has 1 fully saturated rings. The van der Waals surface area contributed by atoms with Crippen molar-refractivity contribution in [1.29, 1.82) is 0 Å². The Kier molecular flexibility index (Phi) is 5.83. The van der Waals surface area contributed by atoms with Crippen molar-refractivity contribution < 1.29 is 0 Å². The Labute approximate surface area is 86.5 Å². The van der Waals surface area contributed by atoms with E-state index in [4.69, 9.17) is 0 Å². The maximum absolute atomic E-state index is 3.36. The summed E-state index contributed by atoms with van der Waals surface area (Å²) in [5.41, 5.74) is 0. The van der Waals surface area contributed by atoms with Gasteiger partial charge in [-0.3, -0.25) is 0 Å². The van der Waals surface area contributed by atoms with Gasteiger partial charge in [0.15, 0.2) is 0 Å². The van der Waals surface area contributed by atoms with E-state index in [9.17, 15) is 0 Å². The molecular weight excluding hydrogens is 180 g/mol. The molecule has 0 aromatic rings. The van der Waals surface area contributed by atoms with Gasteiger partial charge in [0.25, 0.3) is 0 Å². The minimum absolute atomic E-state index is 0.775. The quantitative estimate of drug-likeness (QED) is 0.679. The fraction of sp³-hybridized carbons (Fsp3) is 1.00. The zero-order valence-corrected chi connectivity index (χ0v) is 9.70. The van der Waals surface area contributed by atoms with E-state index >= 15 is 0 Å². The lowest BCUT2D eigenvalue weighted by Gasteiger charge is -2.31. The molecule has 1 heterocycles. The lowest BCUT2D eigenvalue weighted by Crippen LogP contribution is -2.41. The summed E-state index contributed by atoms with van der Waals surface area (Å²) in [7, 11) is 2.08. The lowest BCUT2D eigenvalue weighted by atomic mass is 10.1. The molecule has 0 spiro atoms. The second-order valence-corrected chi connectivity index (χ2v) is 4.74. The van der Waals surface area contributed by atoms with Gasteiger partial charge in [0.1, 0.15) is 0 Å². The predicted molar refractivity (Wildman–Crippen MR) is 61.5 cm³/mol. The SMILES string of the molecule is CNC1CCN(CCCSC)CC1. The fourth-order valence-corrected chi connectivity index (χ4v) is 2.30. The van der Waals surface area contributed by atoms with Crippen LogP contribution >= 0.6 is 11.8 Å². The standard InChI is InChI=1S/C10H22N2S/c1-11-10-4-7-12(8-5-10)6-3-9-13-2/h10-11H,3-9H2,1-2H3. The number of hydrogen-bond acceptors (Lipinski definition) is 3. The van der Waals surface area contributed by atoms with Gasteiger partial charge < -0.3 is 10.2 Å². The maximum atomic E-state index is 3.36. The maximum Gasteiger partial charge on any atom is 0.00884 e. The van der Waals surface area contributed by atoms with Crippen LogP contribution in [0.1, 0.15) is 19.3 Å². The van der Waals surface area contributed by atoms with E-state index in [0.29, 0.717) is 0 Å². The summed E-state index contributed by atoms with van der Waals surface area (Å²) in [5.74, 6) is 1.31. The van der Waals surface area contributed by atoms with Crippen molar-refractivity contribution in [2.75, 3.05) is 38.7 Å². The summed E-state index contributed by atoms with van der Waals surface area (Å²) in [6.07, 6.45) is 6.20. The topological polar surface area (TPSA) is 15.3 Å². The molecule has 0 aromatic carbocycles. The lowest BCUT2D eigenvalue weighted by molar-refractivity contribution is 0.203. The molecule has 0 amide bonds. The van der Waals surface area contributed by atoms with E-state index in [1.807, 2.05) is 11.8 Å². The molecule has 0 bridgehead atoms. The predicted octanol–water partition coefficient (Wildman–Crippen LogP) is 1.42. The molecule has 0 unspecified atom stereocenters. The minimum Gasteiger partial charge on any atom is -0.317 e. The van der Waals surface area contributed by atoms with Crippen LogP contribution in [0.25, 0.3) is 0 Å². The van der Waals surface area contributed by atoms with Gasteiger partial charge in [-0.2, -0.15) is 11.8 Å². The third-order valence-corrected chi connectivity index (χ3v) is 3.52. The highest BCUT2D eigenvalue weighted by Crippen LogP contribution is 2.10. The molecule has 2 nitrogen and oxygen atoms in total. The first-order valence-electron chi connectivity index (χ1n) is 5.25. The van der Waals surface area contributed by atoms with Crippen LogP contribution in [0.3, 0.4) is 0 Å². The van der Waals surface area contributed by atoms with Gasteiger partial charge in [-0.15, -0.1) is 0 Å². The first kappa shape index (κ1) is 11.3. The van der Waals surface area contributed by atoms with Gasteiger partial charge in [-0.1, -0.05) is 0 Å².